The molecule has 0 bridgehead atoms. The highest BCUT2D eigenvalue weighted by Gasteiger charge is 2.39. The molecule has 0 aromatic heterocycles. The van der Waals surface area contributed by atoms with Gasteiger partial charge in [0, 0.05) is 31.1 Å². The number of likely N-dealkylation sites (tertiary alicyclic amines) is 1. The molecule has 1 saturated carbocycles. The van der Waals surface area contributed by atoms with Crippen LogP contribution in [0, 0.1) is 11.8 Å². The smallest absolute Gasteiger partial charge is 0.306 e. The molecule has 1 aliphatic carbocycles. The number of carbonyl (C=O) groups excluding carboxylic acids is 3. The molecule has 35 heavy (non-hydrogen) atoms. The Morgan fingerprint density at radius 1 is 1.11 bits per heavy atom. The van der Waals surface area contributed by atoms with Gasteiger partial charge in [0.2, 0.25) is 11.8 Å². The molecule has 2 saturated heterocycles. The van der Waals surface area contributed by atoms with Crippen LogP contribution in [-0.4, -0.2) is 70.4 Å². The van der Waals surface area contributed by atoms with E-state index in [2.05, 4.69) is 10.2 Å². The van der Waals surface area contributed by atoms with Crippen LogP contribution in [0.3, 0.4) is 0 Å². The summed E-state index contributed by atoms with van der Waals surface area (Å²) in [6, 6.07) is 5.14. The van der Waals surface area contributed by atoms with Crippen LogP contribution < -0.4 is 10.1 Å². The number of rotatable bonds is 7. The summed E-state index contributed by atoms with van der Waals surface area (Å²) in [5.41, 5.74) is 1.42. The third kappa shape index (κ3) is 5.05. The SMILES string of the molecule is O=C1CCC(N2Cc3cc(OC[C@H]4CCCCN4C[C@H]4CC[C@@H](C(=O)O)C4)ccc3C2=O)C(=O)N1. The number of aliphatic carboxylic acids is 1. The van der Waals surface area contributed by atoms with E-state index in [0.29, 0.717) is 42.8 Å². The number of carbonyl (C=O) groups is 4. The maximum Gasteiger partial charge on any atom is 0.306 e. The van der Waals surface area contributed by atoms with Crippen molar-refractivity contribution < 1.29 is 29.0 Å². The number of piperidine rings is 2. The molecule has 0 spiro atoms. The van der Waals surface area contributed by atoms with Crippen LogP contribution in [0.4, 0.5) is 0 Å². The van der Waals surface area contributed by atoms with Crippen LogP contribution in [0.5, 0.6) is 5.75 Å². The lowest BCUT2D eigenvalue weighted by Gasteiger charge is -2.37. The monoisotopic (exact) mass is 483 g/mol. The van der Waals surface area contributed by atoms with Crippen LogP contribution >= 0.6 is 0 Å². The second-order valence-corrected chi connectivity index (χ2v) is 10.4. The molecule has 3 fully saturated rings. The average molecular weight is 484 g/mol. The molecule has 9 heteroatoms. The lowest BCUT2D eigenvalue weighted by atomic mass is 9.98. The largest absolute Gasteiger partial charge is 0.492 e. The van der Waals surface area contributed by atoms with E-state index in [1.807, 2.05) is 12.1 Å². The predicted molar refractivity (Wildman–Crippen MR) is 126 cm³/mol. The second-order valence-electron chi connectivity index (χ2n) is 10.4. The first-order chi connectivity index (χ1) is 16.9. The van der Waals surface area contributed by atoms with E-state index in [1.54, 1.807) is 11.0 Å². The number of nitrogens with one attached hydrogen (secondary N) is 1. The number of fused-ring (bicyclic) bond motifs is 1. The third-order valence-corrected chi connectivity index (χ3v) is 8.07. The molecule has 3 aliphatic heterocycles. The molecule has 1 aromatic carbocycles. The van der Waals surface area contributed by atoms with Gasteiger partial charge in [0.15, 0.2) is 0 Å². The molecule has 0 radical (unpaired) electrons. The highest BCUT2D eigenvalue weighted by atomic mass is 16.5. The molecule has 3 amide bonds. The first-order valence-corrected chi connectivity index (χ1v) is 12.8. The molecule has 1 aromatic rings. The van der Waals surface area contributed by atoms with Crippen molar-refractivity contribution in [2.24, 2.45) is 11.8 Å². The average Bonchev–Trinajstić information content (AvgIpc) is 3.43. The minimum Gasteiger partial charge on any atom is -0.492 e. The summed E-state index contributed by atoms with van der Waals surface area (Å²) in [4.78, 5) is 51.9. The van der Waals surface area contributed by atoms with Crippen molar-refractivity contribution in [1.82, 2.24) is 15.1 Å². The van der Waals surface area contributed by atoms with Gasteiger partial charge in [-0.05, 0) is 74.8 Å². The Bertz CT molecular complexity index is 1030. The van der Waals surface area contributed by atoms with Crippen molar-refractivity contribution in [2.45, 2.75) is 70.0 Å². The standard InChI is InChI=1S/C26H33N3O6/c30-23-9-8-22(24(31)27-23)29-14-18-12-20(6-7-21(18)25(29)32)35-15-19-3-1-2-10-28(19)13-16-4-5-17(11-16)26(33)34/h6-7,12,16-17,19,22H,1-5,8-11,13-15H2,(H,33,34)(H,27,30,31)/t16-,17+,19+,22?/m0/s1. The maximum atomic E-state index is 12.9. The topological polar surface area (TPSA) is 116 Å². The predicted octanol–water partition coefficient (Wildman–Crippen LogP) is 2.18. The minimum atomic E-state index is -0.669. The van der Waals surface area contributed by atoms with Crippen LogP contribution in [-0.2, 0) is 20.9 Å². The zero-order chi connectivity index (χ0) is 24.5. The molecule has 2 N–H and O–H groups in total. The van der Waals surface area contributed by atoms with Crippen molar-refractivity contribution in [3.63, 3.8) is 0 Å². The van der Waals surface area contributed by atoms with Crippen molar-refractivity contribution in [3.05, 3.63) is 29.3 Å². The van der Waals surface area contributed by atoms with Gasteiger partial charge in [-0.2, -0.15) is 0 Å². The van der Waals surface area contributed by atoms with Crippen LogP contribution in [0.2, 0.25) is 0 Å². The van der Waals surface area contributed by atoms with Gasteiger partial charge in [-0.25, -0.2) is 0 Å². The van der Waals surface area contributed by atoms with Crippen molar-refractivity contribution in [1.29, 1.82) is 0 Å². The Kier molecular flexibility index (Phi) is 6.77. The van der Waals surface area contributed by atoms with Gasteiger partial charge in [-0.15, -0.1) is 0 Å². The molecule has 188 valence electrons. The molecular formula is C26H33N3O6. The summed E-state index contributed by atoms with van der Waals surface area (Å²) in [6.45, 7) is 2.83. The van der Waals surface area contributed by atoms with E-state index < -0.39 is 17.9 Å². The number of ether oxygens (including phenoxy) is 1. The number of imide groups is 1. The summed E-state index contributed by atoms with van der Waals surface area (Å²) in [5, 5.41) is 11.6. The Balaban J connectivity index is 1.19. The van der Waals surface area contributed by atoms with Crippen LogP contribution in [0.25, 0.3) is 0 Å². The molecule has 5 rings (SSSR count). The fraction of sp³-hybridized carbons (Fsp3) is 0.615. The van der Waals surface area contributed by atoms with Crippen LogP contribution in [0.15, 0.2) is 18.2 Å². The van der Waals surface area contributed by atoms with Crippen molar-refractivity contribution in [2.75, 3.05) is 19.7 Å². The number of carboxylic acid groups (broad SMARTS) is 1. The number of hydrogen-bond donors (Lipinski definition) is 2. The van der Waals surface area contributed by atoms with Gasteiger partial charge in [-0.1, -0.05) is 6.42 Å². The van der Waals surface area contributed by atoms with E-state index in [4.69, 9.17) is 4.74 Å². The van der Waals surface area contributed by atoms with Gasteiger partial charge in [0.25, 0.3) is 5.91 Å². The molecule has 3 heterocycles. The molecule has 1 unspecified atom stereocenters. The summed E-state index contributed by atoms with van der Waals surface area (Å²) in [5.74, 6) is -0.618. The Hall–Kier alpha value is -2.94. The minimum absolute atomic E-state index is 0.185. The van der Waals surface area contributed by atoms with Gasteiger partial charge < -0.3 is 14.7 Å². The first kappa shape index (κ1) is 23.8. The van der Waals surface area contributed by atoms with Crippen molar-refractivity contribution >= 4 is 23.7 Å². The number of benzene rings is 1. The zero-order valence-electron chi connectivity index (χ0n) is 19.9. The van der Waals surface area contributed by atoms with Crippen molar-refractivity contribution in [3.8, 4) is 5.75 Å². The number of nitrogens with zero attached hydrogens (tertiary/aromatic N) is 2. The highest BCUT2D eigenvalue weighted by molar-refractivity contribution is 6.05. The van der Waals surface area contributed by atoms with Gasteiger partial charge in [-0.3, -0.25) is 29.4 Å². The lowest BCUT2D eigenvalue weighted by Crippen LogP contribution is -2.52. The Morgan fingerprint density at radius 2 is 1.97 bits per heavy atom. The van der Waals surface area contributed by atoms with Gasteiger partial charge in [0.1, 0.15) is 18.4 Å². The quantitative estimate of drug-likeness (QED) is 0.571. The van der Waals surface area contributed by atoms with Gasteiger partial charge in [0.05, 0.1) is 5.92 Å². The fourth-order valence-electron chi connectivity index (χ4n) is 6.12. The first-order valence-electron chi connectivity index (χ1n) is 12.8. The number of amides is 3. The van der Waals surface area contributed by atoms with Gasteiger partial charge >= 0.3 is 5.97 Å². The normalized spacial score (nSPS) is 29.3. The zero-order valence-corrected chi connectivity index (χ0v) is 19.9. The van der Waals surface area contributed by atoms with E-state index in [9.17, 15) is 24.3 Å². The lowest BCUT2D eigenvalue weighted by molar-refractivity contribution is -0.141. The number of carboxylic acids is 1. The molecule has 4 atom stereocenters. The van der Waals surface area contributed by atoms with E-state index >= 15 is 0 Å². The molecular weight excluding hydrogens is 450 g/mol. The highest BCUT2D eigenvalue weighted by Crippen LogP contribution is 2.34. The summed E-state index contributed by atoms with van der Waals surface area (Å²) in [6.07, 6.45) is 6.47. The summed E-state index contributed by atoms with van der Waals surface area (Å²) < 4.78 is 6.19. The molecule has 4 aliphatic rings. The fourth-order valence-corrected chi connectivity index (χ4v) is 6.12. The Labute approximate surface area is 204 Å². The maximum absolute atomic E-state index is 12.9. The Morgan fingerprint density at radius 3 is 2.74 bits per heavy atom. The molecule has 9 nitrogen and oxygen atoms in total. The van der Waals surface area contributed by atoms with Crippen LogP contribution in [0.1, 0.15) is 67.3 Å². The summed E-state index contributed by atoms with van der Waals surface area (Å²) >= 11 is 0. The summed E-state index contributed by atoms with van der Waals surface area (Å²) in [7, 11) is 0. The third-order valence-electron chi connectivity index (χ3n) is 8.07. The second kappa shape index (κ2) is 9.97. The van der Waals surface area contributed by atoms with E-state index in [0.717, 1.165) is 57.2 Å². The van der Waals surface area contributed by atoms with E-state index in [1.165, 1.54) is 0 Å². The van der Waals surface area contributed by atoms with E-state index in [-0.39, 0.29) is 24.2 Å². The number of hydrogen-bond acceptors (Lipinski definition) is 6.